The highest BCUT2D eigenvalue weighted by atomic mass is 127. The van der Waals surface area contributed by atoms with Crippen LogP contribution in [0.1, 0.15) is 32.3 Å². The van der Waals surface area contributed by atoms with E-state index in [0.717, 1.165) is 48.6 Å². The number of nitrogens with one attached hydrogen (secondary N) is 1. The van der Waals surface area contributed by atoms with E-state index in [4.69, 9.17) is 14.5 Å². The summed E-state index contributed by atoms with van der Waals surface area (Å²) in [5.74, 6) is 3.43. The molecule has 136 valence electrons. The third-order valence-electron chi connectivity index (χ3n) is 4.31. The standard InChI is InChI=1S/C18H29N3O2.HI/c1-5-19-18(21-10-8-14(2)9-11-21)20-13-15-6-7-16(22-3)12-17(15)23-4;/h6-7,12,14H,5,8-11,13H2,1-4H3,(H,19,20);1H. The average molecular weight is 447 g/mol. The van der Waals surface area contributed by atoms with Gasteiger partial charge in [-0.1, -0.05) is 6.92 Å². The molecule has 1 aromatic rings. The van der Waals surface area contributed by atoms with Gasteiger partial charge < -0.3 is 19.7 Å². The summed E-state index contributed by atoms with van der Waals surface area (Å²) in [5.41, 5.74) is 1.06. The predicted octanol–water partition coefficient (Wildman–Crippen LogP) is 3.52. The molecule has 1 heterocycles. The number of benzene rings is 1. The molecule has 2 rings (SSSR count). The normalized spacial score (nSPS) is 15.7. The zero-order valence-electron chi connectivity index (χ0n) is 15.2. The van der Waals surface area contributed by atoms with Crippen molar-refractivity contribution >= 4 is 29.9 Å². The minimum Gasteiger partial charge on any atom is -0.497 e. The first-order chi connectivity index (χ1) is 11.2. The van der Waals surface area contributed by atoms with Crippen molar-refractivity contribution < 1.29 is 9.47 Å². The molecule has 0 bridgehead atoms. The molecule has 0 radical (unpaired) electrons. The Kier molecular flexibility index (Phi) is 9.25. The van der Waals surface area contributed by atoms with Gasteiger partial charge >= 0.3 is 0 Å². The van der Waals surface area contributed by atoms with Crippen molar-refractivity contribution in [2.45, 2.75) is 33.2 Å². The number of piperidine rings is 1. The average Bonchev–Trinajstić information content (AvgIpc) is 2.59. The van der Waals surface area contributed by atoms with Crippen LogP contribution in [0.15, 0.2) is 23.2 Å². The number of methoxy groups -OCH3 is 2. The lowest BCUT2D eigenvalue weighted by molar-refractivity contribution is 0.273. The first-order valence-electron chi connectivity index (χ1n) is 8.42. The molecule has 1 fully saturated rings. The fraction of sp³-hybridized carbons (Fsp3) is 0.611. The maximum Gasteiger partial charge on any atom is 0.194 e. The summed E-state index contributed by atoms with van der Waals surface area (Å²) >= 11 is 0. The van der Waals surface area contributed by atoms with Gasteiger partial charge in [0, 0.05) is 31.3 Å². The van der Waals surface area contributed by atoms with E-state index in [-0.39, 0.29) is 24.0 Å². The number of hydrogen-bond donors (Lipinski definition) is 1. The Balaban J connectivity index is 0.00000288. The Morgan fingerprint density at radius 3 is 2.54 bits per heavy atom. The predicted molar refractivity (Wildman–Crippen MR) is 110 cm³/mol. The Hall–Kier alpha value is -1.18. The van der Waals surface area contributed by atoms with E-state index in [0.29, 0.717) is 6.54 Å². The van der Waals surface area contributed by atoms with Crippen LogP contribution in [0.5, 0.6) is 11.5 Å². The fourth-order valence-corrected chi connectivity index (χ4v) is 2.79. The summed E-state index contributed by atoms with van der Waals surface area (Å²) in [4.78, 5) is 7.17. The smallest absolute Gasteiger partial charge is 0.194 e. The Labute approximate surface area is 162 Å². The van der Waals surface area contributed by atoms with Crippen LogP contribution in [-0.4, -0.2) is 44.7 Å². The summed E-state index contributed by atoms with van der Waals surface area (Å²) in [6, 6.07) is 5.87. The zero-order chi connectivity index (χ0) is 16.7. The van der Waals surface area contributed by atoms with Crippen LogP contribution in [0.4, 0.5) is 0 Å². The van der Waals surface area contributed by atoms with Crippen molar-refractivity contribution in [3.05, 3.63) is 23.8 Å². The Morgan fingerprint density at radius 1 is 1.25 bits per heavy atom. The number of halogens is 1. The zero-order valence-corrected chi connectivity index (χ0v) is 17.5. The molecule has 24 heavy (non-hydrogen) atoms. The van der Waals surface area contributed by atoms with E-state index in [1.807, 2.05) is 18.2 Å². The summed E-state index contributed by atoms with van der Waals surface area (Å²) in [6.07, 6.45) is 2.46. The number of rotatable bonds is 5. The molecule has 1 N–H and O–H groups in total. The van der Waals surface area contributed by atoms with Crippen LogP contribution >= 0.6 is 24.0 Å². The number of hydrogen-bond acceptors (Lipinski definition) is 3. The minimum absolute atomic E-state index is 0. The second-order valence-electron chi connectivity index (χ2n) is 6.02. The monoisotopic (exact) mass is 447 g/mol. The van der Waals surface area contributed by atoms with Crippen molar-refractivity contribution in [2.24, 2.45) is 10.9 Å². The van der Waals surface area contributed by atoms with E-state index in [1.54, 1.807) is 14.2 Å². The van der Waals surface area contributed by atoms with Gasteiger partial charge in [0.2, 0.25) is 0 Å². The first kappa shape index (κ1) is 20.9. The lowest BCUT2D eigenvalue weighted by Gasteiger charge is -2.33. The van der Waals surface area contributed by atoms with E-state index in [9.17, 15) is 0 Å². The van der Waals surface area contributed by atoms with Crippen LogP contribution in [0.3, 0.4) is 0 Å². The maximum atomic E-state index is 5.46. The van der Waals surface area contributed by atoms with E-state index >= 15 is 0 Å². The van der Waals surface area contributed by atoms with Crippen LogP contribution in [-0.2, 0) is 6.54 Å². The van der Waals surface area contributed by atoms with Crippen LogP contribution in [0, 0.1) is 5.92 Å². The summed E-state index contributed by atoms with van der Waals surface area (Å²) in [7, 11) is 3.34. The van der Waals surface area contributed by atoms with E-state index in [2.05, 4.69) is 24.1 Å². The first-order valence-corrected chi connectivity index (χ1v) is 8.42. The second kappa shape index (κ2) is 10.6. The molecule has 0 spiro atoms. The van der Waals surface area contributed by atoms with Gasteiger partial charge in [0.25, 0.3) is 0 Å². The van der Waals surface area contributed by atoms with Gasteiger partial charge in [-0.2, -0.15) is 0 Å². The quantitative estimate of drug-likeness (QED) is 0.426. The van der Waals surface area contributed by atoms with Crippen LogP contribution < -0.4 is 14.8 Å². The molecule has 1 aliphatic heterocycles. The molecule has 0 aliphatic carbocycles. The van der Waals surface area contributed by atoms with E-state index < -0.39 is 0 Å². The highest BCUT2D eigenvalue weighted by Gasteiger charge is 2.18. The molecule has 1 aliphatic rings. The van der Waals surface area contributed by atoms with Crippen LogP contribution in [0.25, 0.3) is 0 Å². The lowest BCUT2D eigenvalue weighted by Crippen LogP contribution is -2.45. The second-order valence-corrected chi connectivity index (χ2v) is 6.02. The van der Waals surface area contributed by atoms with Gasteiger partial charge in [-0.15, -0.1) is 24.0 Å². The Morgan fingerprint density at radius 2 is 1.96 bits per heavy atom. The minimum atomic E-state index is 0. The van der Waals surface area contributed by atoms with Crippen molar-refractivity contribution in [3.63, 3.8) is 0 Å². The summed E-state index contributed by atoms with van der Waals surface area (Å²) < 4.78 is 10.7. The summed E-state index contributed by atoms with van der Waals surface area (Å²) in [5, 5.41) is 3.41. The molecular weight excluding hydrogens is 417 g/mol. The molecule has 5 nitrogen and oxygen atoms in total. The molecule has 0 amide bonds. The molecule has 0 aromatic heterocycles. The maximum absolute atomic E-state index is 5.46. The third-order valence-corrected chi connectivity index (χ3v) is 4.31. The van der Waals surface area contributed by atoms with Gasteiger partial charge in [0.05, 0.1) is 20.8 Å². The lowest BCUT2D eigenvalue weighted by atomic mass is 10.00. The van der Waals surface area contributed by atoms with Gasteiger partial charge in [-0.25, -0.2) is 4.99 Å². The van der Waals surface area contributed by atoms with Gasteiger partial charge in [-0.05, 0) is 37.8 Å². The molecule has 6 heteroatoms. The fourth-order valence-electron chi connectivity index (χ4n) is 2.79. The van der Waals surface area contributed by atoms with Gasteiger partial charge in [0.15, 0.2) is 5.96 Å². The molecule has 1 saturated heterocycles. The topological polar surface area (TPSA) is 46.1 Å². The number of aliphatic imine (C=N–C) groups is 1. The largest absolute Gasteiger partial charge is 0.497 e. The molecule has 0 atom stereocenters. The van der Waals surface area contributed by atoms with Crippen LogP contribution in [0.2, 0.25) is 0 Å². The van der Waals surface area contributed by atoms with Crippen molar-refractivity contribution in [1.29, 1.82) is 0 Å². The molecule has 0 saturated carbocycles. The molecule has 0 unspecified atom stereocenters. The number of guanidine groups is 1. The van der Waals surface area contributed by atoms with Crippen molar-refractivity contribution in [3.8, 4) is 11.5 Å². The third kappa shape index (κ3) is 5.72. The van der Waals surface area contributed by atoms with Crippen molar-refractivity contribution in [2.75, 3.05) is 33.9 Å². The number of likely N-dealkylation sites (tertiary alicyclic amines) is 1. The molecule has 1 aromatic carbocycles. The van der Waals surface area contributed by atoms with E-state index in [1.165, 1.54) is 12.8 Å². The highest BCUT2D eigenvalue weighted by molar-refractivity contribution is 14.0. The van der Waals surface area contributed by atoms with Gasteiger partial charge in [-0.3, -0.25) is 0 Å². The Bertz CT molecular complexity index is 529. The molecular formula is C18H30IN3O2. The summed E-state index contributed by atoms with van der Waals surface area (Å²) in [6.45, 7) is 8.06. The highest BCUT2D eigenvalue weighted by Crippen LogP contribution is 2.25. The van der Waals surface area contributed by atoms with Crippen molar-refractivity contribution in [1.82, 2.24) is 10.2 Å². The SMILES string of the molecule is CCNC(=NCc1ccc(OC)cc1OC)N1CCC(C)CC1.I. The number of ether oxygens (including phenoxy) is 2. The van der Waals surface area contributed by atoms with Gasteiger partial charge in [0.1, 0.15) is 11.5 Å². The number of nitrogens with zero attached hydrogens (tertiary/aromatic N) is 2.